The zero-order valence-electron chi connectivity index (χ0n) is 17.4. The molecule has 2 rings (SSSR count). The Morgan fingerprint density at radius 2 is 1.97 bits per heavy atom. The molecule has 1 aromatic carbocycles. The number of aliphatic hydroxyl groups is 1. The van der Waals surface area contributed by atoms with Gasteiger partial charge in [-0.3, -0.25) is 4.90 Å². The summed E-state index contributed by atoms with van der Waals surface area (Å²) in [5, 5.41) is 10.3. The van der Waals surface area contributed by atoms with Crippen LogP contribution in [0, 0.1) is 18.3 Å². The minimum Gasteiger partial charge on any atom is -0.389 e. The third kappa shape index (κ3) is 7.86. The van der Waals surface area contributed by atoms with Crippen molar-refractivity contribution < 1.29 is 23.0 Å². The van der Waals surface area contributed by atoms with Crippen LogP contribution >= 0.6 is 0 Å². The molecule has 0 saturated carbocycles. The van der Waals surface area contributed by atoms with Gasteiger partial charge in [0.2, 0.25) is 0 Å². The predicted octanol–water partition coefficient (Wildman–Crippen LogP) is 4.02. The quantitative estimate of drug-likeness (QED) is 0.439. The largest absolute Gasteiger partial charge is 0.416 e. The molecule has 2 aromatic rings. The van der Waals surface area contributed by atoms with Gasteiger partial charge < -0.3 is 14.4 Å². The number of hydrogen-bond acceptors (Lipinski definition) is 3. The Balaban J connectivity index is 2.08. The second-order valence-corrected chi connectivity index (χ2v) is 7.79. The summed E-state index contributed by atoms with van der Waals surface area (Å²) in [6.45, 7) is 6.58. The summed E-state index contributed by atoms with van der Waals surface area (Å²) >= 11 is 0. The second kappa shape index (κ2) is 11.2. The van der Waals surface area contributed by atoms with Crippen LogP contribution < -0.4 is 0 Å². The van der Waals surface area contributed by atoms with Crippen LogP contribution in [0.1, 0.15) is 30.7 Å². The first-order valence-corrected chi connectivity index (χ1v) is 9.90. The van der Waals surface area contributed by atoms with Gasteiger partial charge in [-0.1, -0.05) is 31.9 Å². The van der Waals surface area contributed by atoms with Crippen molar-refractivity contribution in [1.82, 2.24) is 9.47 Å². The lowest BCUT2D eigenvalue weighted by atomic mass is 10.1. The fourth-order valence-electron chi connectivity index (χ4n) is 3.34. The SMILES string of the molecule is C#CCOCC(O)CN(Cc1cccn1Cc1cccc(C(F)(F)F)c1)CC(C)C. The maximum absolute atomic E-state index is 13.0. The maximum atomic E-state index is 13.0. The van der Waals surface area contributed by atoms with Crippen molar-refractivity contribution in [2.45, 2.75) is 39.2 Å². The molecular weight excluding hydrogens is 393 g/mol. The lowest BCUT2D eigenvalue weighted by Gasteiger charge is -2.27. The normalized spacial score (nSPS) is 13.0. The average molecular weight is 422 g/mol. The molecule has 1 heterocycles. The van der Waals surface area contributed by atoms with Crippen LogP contribution in [-0.4, -0.2) is 47.0 Å². The summed E-state index contributed by atoms with van der Waals surface area (Å²) in [5.74, 6) is 2.75. The van der Waals surface area contributed by atoms with E-state index in [9.17, 15) is 18.3 Å². The van der Waals surface area contributed by atoms with Crippen LogP contribution in [-0.2, 0) is 24.0 Å². The Kier molecular flexibility index (Phi) is 8.97. The fourth-order valence-corrected chi connectivity index (χ4v) is 3.34. The highest BCUT2D eigenvalue weighted by Gasteiger charge is 2.30. The Morgan fingerprint density at radius 1 is 1.20 bits per heavy atom. The van der Waals surface area contributed by atoms with Gasteiger partial charge in [0.1, 0.15) is 6.61 Å². The number of aromatic nitrogens is 1. The van der Waals surface area contributed by atoms with E-state index >= 15 is 0 Å². The predicted molar refractivity (Wildman–Crippen MR) is 111 cm³/mol. The number of alkyl halides is 3. The number of halogens is 3. The number of benzene rings is 1. The molecule has 4 nitrogen and oxygen atoms in total. The molecule has 0 amide bonds. The second-order valence-electron chi connectivity index (χ2n) is 7.79. The molecule has 164 valence electrons. The molecule has 0 aliphatic heterocycles. The van der Waals surface area contributed by atoms with Gasteiger partial charge in [-0.05, 0) is 35.7 Å². The van der Waals surface area contributed by atoms with Crippen LogP contribution in [0.15, 0.2) is 42.6 Å². The minimum absolute atomic E-state index is 0.154. The van der Waals surface area contributed by atoms with Gasteiger partial charge in [-0.2, -0.15) is 13.2 Å². The van der Waals surface area contributed by atoms with Crippen molar-refractivity contribution in [1.29, 1.82) is 0 Å². The molecule has 0 bridgehead atoms. The van der Waals surface area contributed by atoms with Crippen LogP contribution in [0.5, 0.6) is 0 Å². The van der Waals surface area contributed by atoms with Crippen molar-refractivity contribution >= 4 is 0 Å². The Hall–Kier alpha value is -2.27. The van der Waals surface area contributed by atoms with Crippen molar-refractivity contribution in [3.63, 3.8) is 0 Å². The number of nitrogens with zero attached hydrogens (tertiary/aromatic N) is 2. The highest BCUT2D eigenvalue weighted by Crippen LogP contribution is 2.29. The van der Waals surface area contributed by atoms with Gasteiger partial charge in [0.15, 0.2) is 0 Å². The van der Waals surface area contributed by atoms with E-state index in [1.165, 1.54) is 12.1 Å². The van der Waals surface area contributed by atoms with E-state index in [1.54, 1.807) is 6.07 Å². The number of hydrogen-bond donors (Lipinski definition) is 1. The van der Waals surface area contributed by atoms with E-state index in [1.807, 2.05) is 22.9 Å². The van der Waals surface area contributed by atoms with Crippen LogP contribution in [0.25, 0.3) is 0 Å². The molecule has 1 aromatic heterocycles. The van der Waals surface area contributed by atoms with E-state index in [-0.39, 0.29) is 13.2 Å². The molecule has 1 atom stereocenters. The van der Waals surface area contributed by atoms with Gasteiger partial charge in [-0.15, -0.1) is 6.42 Å². The van der Waals surface area contributed by atoms with Crippen molar-refractivity contribution in [3.05, 3.63) is 59.4 Å². The Bertz CT molecular complexity index is 824. The molecule has 1 N–H and O–H groups in total. The number of rotatable bonds is 11. The summed E-state index contributed by atoms with van der Waals surface area (Å²) in [5.41, 5.74) is 0.899. The molecule has 0 aliphatic carbocycles. The molecule has 30 heavy (non-hydrogen) atoms. The van der Waals surface area contributed by atoms with Crippen molar-refractivity contribution in [3.8, 4) is 12.3 Å². The molecular formula is C23H29F3N2O2. The van der Waals surface area contributed by atoms with Gasteiger partial charge >= 0.3 is 6.18 Å². The first kappa shape index (κ1) is 24.0. The lowest BCUT2D eigenvalue weighted by Crippen LogP contribution is -2.37. The van der Waals surface area contributed by atoms with Gasteiger partial charge in [0, 0.05) is 38.1 Å². The summed E-state index contributed by atoms with van der Waals surface area (Å²) in [7, 11) is 0. The molecule has 0 saturated heterocycles. The van der Waals surface area contributed by atoms with Gasteiger partial charge in [-0.25, -0.2) is 0 Å². The lowest BCUT2D eigenvalue weighted by molar-refractivity contribution is -0.137. The summed E-state index contributed by atoms with van der Waals surface area (Å²) in [6.07, 6.45) is 1.97. The maximum Gasteiger partial charge on any atom is 0.416 e. The topological polar surface area (TPSA) is 37.6 Å². The number of terminal acetylenes is 1. The summed E-state index contributed by atoms with van der Waals surface area (Å²) in [6, 6.07) is 9.21. The fraction of sp³-hybridized carbons (Fsp3) is 0.478. The highest BCUT2D eigenvalue weighted by atomic mass is 19.4. The first-order valence-electron chi connectivity index (χ1n) is 9.90. The van der Waals surface area contributed by atoms with E-state index < -0.39 is 17.8 Å². The molecule has 0 aliphatic rings. The van der Waals surface area contributed by atoms with Crippen LogP contribution in [0.4, 0.5) is 13.2 Å². The first-order chi connectivity index (χ1) is 14.2. The van der Waals surface area contributed by atoms with E-state index in [2.05, 4.69) is 24.7 Å². The molecule has 1 unspecified atom stereocenters. The van der Waals surface area contributed by atoms with Crippen molar-refractivity contribution in [2.24, 2.45) is 5.92 Å². The Morgan fingerprint density at radius 3 is 2.63 bits per heavy atom. The van der Waals surface area contributed by atoms with E-state index in [0.717, 1.165) is 18.3 Å². The van der Waals surface area contributed by atoms with Crippen LogP contribution in [0.2, 0.25) is 0 Å². The van der Waals surface area contributed by atoms with Gasteiger partial charge in [0.25, 0.3) is 0 Å². The van der Waals surface area contributed by atoms with E-state index in [0.29, 0.717) is 31.1 Å². The third-order valence-electron chi connectivity index (χ3n) is 4.50. The standard InChI is InChI=1S/C23H29F3N2O2/c1-4-11-30-17-22(29)16-27(13-18(2)3)15-21-9-6-10-28(21)14-19-7-5-8-20(12-19)23(24,25)26/h1,5-10,12,18,22,29H,11,13-17H2,2-3H3. The molecule has 0 fully saturated rings. The van der Waals surface area contributed by atoms with Gasteiger partial charge in [0.05, 0.1) is 18.3 Å². The summed E-state index contributed by atoms with van der Waals surface area (Å²) < 4.78 is 46.1. The minimum atomic E-state index is -4.36. The van der Waals surface area contributed by atoms with Crippen LogP contribution in [0.3, 0.4) is 0 Å². The monoisotopic (exact) mass is 422 g/mol. The zero-order chi connectivity index (χ0) is 22.1. The number of aliphatic hydroxyl groups excluding tert-OH is 1. The number of ether oxygens (including phenoxy) is 1. The van der Waals surface area contributed by atoms with Crippen molar-refractivity contribution in [2.75, 3.05) is 26.3 Å². The average Bonchev–Trinajstić information content (AvgIpc) is 3.07. The third-order valence-corrected chi connectivity index (χ3v) is 4.50. The smallest absolute Gasteiger partial charge is 0.389 e. The molecule has 0 radical (unpaired) electrons. The summed E-state index contributed by atoms with van der Waals surface area (Å²) in [4.78, 5) is 2.12. The highest BCUT2D eigenvalue weighted by molar-refractivity contribution is 5.26. The zero-order valence-corrected chi connectivity index (χ0v) is 17.4. The molecule has 7 heteroatoms. The van der Waals surface area contributed by atoms with E-state index in [4.69, 9.17) is 11.2 Å². The molecule has 0 spiro atoms. The Labute approximate surface area is 176 Å².